The lowest BCUT2D eigenvalue weighted by molar-refractivity contribution is -0.140. The molecule has 1 aromatic heterocycles. The largest absolute Gasteiger partial charge is 0.343 e. The molecule has 2 aliphatic heterocycles. The van der Waals surface area contributed by atoms with Crippen molar-refractivity contribution in [2.75, 3.05) is 26.2 Å². The second-order valence-corrected chi connectivity index (χ2v) is 7.30. The minimum absolute atomic E-state index is 0.138. The summed E-state index contributed by atoms with van der Waals surface area (Å²) in [5.41, 5.74) is 0. The van der Waals surface area contributed by atoms with Crippen LogP contribution < -0.4 is 0 Å². The standard InChI is InChI=1S/C17H24N2O2S/c20-16(6-5-15-4-3-13-22-15)18-11-7-14(8-12-18)17(21)19-9-1-2-10-19/h3-4,13-14H,1-2,5-12H2. The Bertz CT molecular complexity index is 501. The first-order valence-electron chi connectivity index (χ1n) is 8.33. The van der Waals surface area contributed by atoms with Crippen molar-refractivity contribution in [2.24, 2.45) is 5.92 Å². The zero-order valence-corrected chi connectivity index (χ0v) is 13.8. The molecule has 3 rings (SSSR count). The molecule has 2 saturated heterocycles. The highest BCUT2D eigenvalue weighted by Gasteiger charge is 2.30. The molecule has 5 heteroatoms. The van der Waals surface area contributed by atoms with Crippen LogP contribution in [0.1, 0.15) is 37.0 Å². The van der Waals surface area contributed by atoms with Gasteiger partial charge in [0.2, 0.25) is 11.8 Å². The maximum Gasteiger partial charge on any atom is 0.225 e. The summed E-state index contributed by atoms with van der Waals surface area (Å²) < 4.78 is 0. The lowest BCUT2D eigenvalue weighted by Gasteiger charge is -2.33. The molecule has 4 nitrogen and oxygen atoms in total. The van der Waals surface area contributed by atoms with Gasteiger partial charge in [0.05, 0.1) is 0 Å². The van der Waals surface area contributed by atoms with Gasteiger partial charge in [-0.1, -0.05) is 6.07 Å². The first kappa shape index (κ1) is 15.5. The molecule has 0 saturated carbocycles. The summed E-state index contributed by atoms with van der Waals surface area (Å²) in [6, 6.07) is 4.11. The van der Waals surface area contributed by atoms with E-state index in [1.807, 2.05) is 15.9 Å². The Balaban J connectivity index is 1.42. The lowest BCUT2D eigenvalue weighted by atomic mass is 9.95. The van der Waals surface area contributed by atoms with E-state index in [0.29, 0.717) is 12.3 Å². The van der Waals surface area contributed by atoms with E-state index in [0.717, 1.165) is 58.3 Å². The van der Waals surface area contributed by atoms with Gasteiger partial charge in [-0.05, 0) is 43.6 Å². The second-order valence-electron chi connectivity index (χ2n) is 6.27. The molecule has 0 unspecified atom stereocenters. The molecule has 0 aromatic carbocycles. The Morgan fingerprint density at radius 3 is 2.45 bits per heavy atom. The van der Waals surface area contributed by atoms with Gasteiger partial charge < -0.3 is 9.80 Å². The number of likely N-dealkylation sites (tertiary alicyclic amines) is 2. The van der Waals surface area contributed by atoms with Gasteiger partial charge in [-0.25, -0.2) is 0 Å². The number of hydrogen-bond donors (Lipinski definition) is 0. The van der Waals surface area contributed by atoms with Crippen molar-refractivity contribution in [3.8, 4) is 0 Å². The van der Waals surface area contributed by atoms with Gasteiger partial charge in [0.25, 0.3) is 0 Å². The van der Waals surface area contributed by atoms with Crippen LogP contribution in [0.15, 0.2) is 17.5 Å². The minimum Gasteiger partial charge on any atom is -0.343 e. The zero-order chi connectivity index (χ0) is 15.4. The lowest BCUT2D eigenvalue weighted by Crippen LogP contribution is -2.43. The zero-order valence-electron chi connectivity index (χ0n) is 13.0. The number of rotatable bonds is 4. The van der Waals surface area contributed by atoms with Crippen molar-refractivity contribution in [1.29, 1.82) is 0 Å². The summed E-state index contributed by atoms with van der Waals surface area (Å²) in [5, 5.41) is 2.05. The summed E-state index contributed by atoms with van der Waals surface area (Å²) in [4.78, 5) is 29.9. The Kier molecular flexibility index (Phi) is 5.13. The van der Waals surface area contributed by atoms with E-state index < -0.39 is 0 Å². The fourth-order valence-corrected chi connectivity index (χ4v) is 4.12. The van der Waals surface area contributed by atoms with Crippen LogP contribution in [0.5, 0.6) is 0 Å². The van der Waals surface area contributed by atoms with Crippen LogP contribution in [-0.2, 0) is 16.0 Å². The molecule has 0 bridgehead atoms. The first-order valence-corrected chi connectivity index (χ1v) is 9.21. The number of carbonyl (C=O) groups is 2. The Morgan fingerprint density at radius 1 is 1.09 bits per heavy atom. The fourth-order valence-electron chi connectivity index (χ4n) is 3.41. The van der Waals surface area contributed by atoms with Gasteiger partial charge in [0, 0.05) is 43.4 Å². The molecule has 1 aromatic rings. The van der Waals surface area contributed by atoms with Crippen LogP contribution in [0.4, 0.5) is 0 Å². The highest BCUT2D eigenvalue weighted by molar-refractivity contribution is 7.09. The van der Waals surface area contributed by atoms with Gasteiger partial charge in [-0.2, -0.15) is 0 Å². The third-order valence-corrected chi connectivity index (χ3v) is 5.72. The average molecular weight is 320 g/mol. The molecular weight excluding hydrogens is 296 g/mol. The highest BCUT2D eigenvalue weighted by Crippen LogP contribution is 2.23. The Labute approximate surface area is 136 Å². The van der Waals surface area contributed by atoms with Crippen LogP contribution in [0.25, 0.3) is 0 Å². The molecule has 0 N–H and O–H groups in total. The number of aryl methyl sites for hydroxylation is 1. The molecule has 2 aliphatic rings. The summed E-state index contributed by atoms with van der Waals surface area (Å²) in [7, 11) is 0. The van der Waals surface area contributed by atoms with Crippen molar-refractivity contribution in [3.63, 3.8) is 0 Å². The summed E-state index contributed by atoms with van der Waals surface area (Å²) >= 11 is 1.71. The number of carbonyl (C=O) groups excluding carboxylic acids is 2. The minimum atomic E-state index is 0.138. The van der Waals surface area contributed by atoms with Crippen molar-refractivity contribution in [1.82, 2.24) is 9.80 Å². The normalized spacial score (nSPS) is 19.6. The van der Waals surface area contributed by atoms with Crippen LogP contribution >= 0.6 is 11.3 Å². The van der Waals surface area contributed by atoms with Crippen LogP contribution in [0.2, 0.25) is 0 Å². The maximum atomic E-state index is 12.4. The smallest absolute Gasteiger partial charge is 0.225 e. The molecular formula is C17H24N2O2S. The van der Waals surface area contributed by atoms with Crippen molar-refractivity contribution < 1.29 is 9.59 Å². The molecule has 0 radical (unpaired) electrons. The fraction of sp³-hybridized carbons (Fsp3) is 0.647. The molecule has 2 fully saturated rings. The van der Waals surface area contributed by atoms with E-state index in [2.05, 4.69) is 11.4 Å². The van der Waals surface area contributed by atoms with E-state index >= 15 is 0 Å². The van der Waals surface area contributed by atoms with Crippen LogP contribution in [-0.4, -0.2) is 47.8 Å². The molecule has 0 aliphatic carbocycles. The van der Waals surface area contributed by atoms with Gasteiger partial charge in [-0.15, -0.1) is 11.3 Å². The molecule has 0 spiro atoms. The Morgan fingerprint density at radius 2 is 1.82 bits per heavy atom. The third kappa shape index (κ3) is 3.69. The molecule has 120 valence electrons. The van der Waals surface area contributed by atoms with E-state index in [4.69, 9.17) is 0 Å². The summed E-state index contributed by atoms with van der Waals surface area (Å²) in [6.45, 7) is 3.35. The second kappa shape index (κ2) is 7.27. The highest BCUT2D eigenvalue weighted by atomic mass is 32.1. The van der Waals surface area contributed by atoms with E-state index in [-0.39, 0.29) is 11.8 Å². The monoisotopic (exact) mass is 320 g/mol. The number of hydrogen-bond acceptors (Lipinski definition) is 3. The topological polar surface area (TPSA) is 40.6 Å². The number of amides is 2. The number of nitrogens with zero attached hydrogens (tertiary/aromatic N) is 2. The first-order chi connectivity index (χ1) is 10.7. The number of thiophene rings is 1. The van der Waals surface area contributed by atoms with Crippen LogP contribution in [0, 0.1) is 5.92 Å². The predicted octanol–water partition coefficient (Wildman–Crippen LogP) is 2.54. The summed E-state index contributed by atoms with van der Waals surface area (Å²) in [6.07, 6.45) is 5.38. The van der Waals surface area contributed by atoms with E-state index in [9.17, 15) is 9.59 Å². The quantitative estimate of drug-likeness (QED) is 0.855. The number of piperidine rings is 1. The van der Waals surface area contributed by atoms with E-state index in [1.165, 1.54) is 4.88 Å². The Hall–Kier alpha value is -1.36. The molecule has 0 atom stereocenters. The maximum absolute atomic E-state index is 12.4. The van der Waals surface area contributed by atoms with Gasteiger partial charge in [-0.3, -0.25) is 9.59 Å². The molecule has 3 heterocycles. The van der Waals surface area contributed by atoms with Crippen molar-refractivity contribution in [3.05, 3.63) is 22.4 Å². The average Bonchev–Trinajstić information content (AvgIpc) is 3.25. The van der Waals surface area contributed by atoms with E-state index in [1.54, 1.807) is 11.3 Å². The predicted molar refractivity (Wildman–Crippen MR) is 87.8 cm³/mol. The van der Waals surface area contributed by atoms with Crippen molar-refractivity contribution in [2.45, 2.75) is 38.5 Å². The van der Waals surface area contributed by atoms with Crippen molar-refractivity contribution >= 4 is 23.2 Å². The molecule has 22 heavy (non-hydrogen) atoms. The van der Waals surface area contributed by atoms with Gasteiger partial charge in [0.15, 0.2) is 0 Å². The SMILES string of the molecule is O=C(CCc1cccs1)N1CCC(C(=O)N2CCCC2)CC1. The summed E-state index contributed by atoms with van der Waals surface area (Å²) in [5.74, 6) is 0.697. The van der Waals surface area contributed by atoms with Crippen LogP contribution in [0.3, 0.4) is 0 Å². The van der Waals surface area contributed by atoms with Gasteiger partial charge >= 0.3 is 0 Å². The third-order valence-electron chi connectivity index (χ3n) is 4.78. The van der Waals surface area contributed by atoms with Gasteiger partial charge in [0.1, 0.15) is 0 Å². The molecule has 2 amide bonds.